The van der Waals surface area contributed by atoms with Gasteiger partial charge in [0.15, 0.2) is 5.78 Å². The number of aryl methyl sites for hydroxylation is 1. The molecular formula is C23H22N2O2. The number of hydrogen-bond donors (Lipinski definition) is 1. The smallest absolute Gasteiger partial charge is 0.189 e. The zero-order chi connectivity index (χ0) is 18.6. The molecule has 0 atom stereocenters. The van der Waals surface area contributed by atoms with Gasteiger partial charge in [0.25, 0.3) is 0 Å². The average molecular weight is 358 g/mol. The fourth-order valence-electron chi connectivity index (χ4n) is 3.54. The maximum absolute atomic E-state index is 13.0. The van der Waals surface area contributed by atoms with Gasteiger partial charge in [-0.1, -0.05) is 30.3 Å². The van der Waals surface area contributed by atoms with Crippen LogP contribution in [0.5, 0.6) is 5.75 Å². The Morgan fingerprint density at radius 1 is 1.15 bits per heavy atom. The van der Waals surface area contributed by atoms with E-state index in [1.807, 2.05) is 43.3 Å². The molecule has 0 unspecified atom stereocenters. The van der Waals surface area contributed by atoms with Crippen LogP contribution in [-0.2, 0) is 12.8 Å². The molecule has 1 aliphatic rings. The Balaban J connectivity index is 1.50. The Morgan fingerprint density at radius 3 is 2.78 bits per heavy atom. The molecule has 0 radical (unpaired) electrons. The molecule has 0 spiro atoms. The van der Waals surface area contributed by atoms with E-state index >= 15 is 0 Å². The predicted octanol–water partition coefficient (Wildman–Crippen LogP) is 4.63. The number of ether oxygens (including phenoxy) is 1. The molecule has 27 heavy (non-hydrogen) atoms. The molecule has 4 rings (SSSR count). The van der Waals surface area contributed by atoms with Crippen LogP contribution in [0.3, 0.4) is 0 Å². The van der Waals surface area contributed by atoms with Crippen molar-refractivity contribution >= 4 is 11.4 Å². The quantitative estimate of drug-likeness (QED) is 0.676. The Morgan fingerprint density at radius 2 is 2.00 bits per heavy atom. The highest BCUT2D eigenvalue weighted by Gasteiger charge is 2.24. The second-order valence-electron chi connectivity index (χ2n) is 6.79. The second-order valence-corrected chi connectivity index (χ2v) is 6.79. The van der Waals surface area contributed by atoms with Crippen molar-refractivity contribution < 1.29 is 9.53 Å². The number of H-pyrrole nitrogens is 1. The van der Waals surface area contributed by atoms with Gasteiger partial charge < -0.3 is 9.72 Å². The molecule has 136 valence electrons. The monoisotopic (exact) mass is 358 g/mol. The Hall–Kier alpha value is -3.14. The van der Waals surface area contributed by atoms with Crippen molar-refractivity contribution in [1.82, 2.24) is 9.97 Å². The van der Waals surface area contributed by atoms with Crippen molar-refractivity contribution in [3.8, 4) is 5.75 Å². The molecular weight excluding hydrogens is 336 g/mol. The number of carbonyl (C=O) groups excluding carboxylic acids is 1. The van der Waals surface area contributed by atoms with Crippen LogP contribution in [-0.4, -0.2) is 22.4 Å². The van der Waals surface area contributed by atoms with Gasteiger partial charge in [-0.25, -0.2) is 4.98 Å². The number of nitrogens with one attached hydrogen (secondary N) is 1. The van der Waals surface area contributed by atoms with E-state index in [1.54, 1.807) is 12.5 Å². The lowest BCUT2D eigenvalue weighted by Gasteiger charge is -2.21. The number of rotatable bonds is 5. The first-order valence-corrected chi connectivity index (χ1v) is 9.25. The van der Waals surface area contributed by atoms with Gasteiger partial charge in [0, 0.05) is 29.4 Å². The van der Waals surface area contributed by atoms with Gasteiger partial charge in [0.2, 0.25) is 0 Å². The first-order valence-electron chi connectivity index (χ1n) is 9.25. The fraction of sp³-hybridized carbons (Fsp3) is 0.217. The van der Waals surface area contributed by atoms with E-state index in [9.17, 15) is 4.79 Å². The third-order valence-corrected chi connectivity index (χ3v) is 5.09. The maximum atomic E-state index is 13.0. The van der Waals surface area contributed by atoms with Crippen LogP contribution in [0.15, 0.2) is 66.6 Å². The van der Waals surface area contributed by atoms with Crippen molar-refractivity contribution in [3.63, 3.8) is 0 Å². The van der Waals surface area contributed by atoms with Crippen LogP contribution in [0.25, 0.3) is 5.57 Å². The van der Waals surface area contributed by atoms with Crippen molar-refractivity contribution in [2.45, 2.75) is 26.2 Å². The lowest BCUT2D eigenvalue weighted by Crippen LogP contribution is -2.15. The fourth-order valence-corrected chi connectivity index (χ4v) is 3.54. The highest BCUT2D eigenvalue weighted by atomic mass is 16.5. The zero-order valence-electron chi connectivity index (χ0n) is 15.4. The number of hydrogen-bond acceptors (Lipinski definition) is 3. The van der Waals surface area contributed by atoms with E-state index in [2.05, 4.69) is 22.1 Å². The number of carbonyl (C=O) groups is 1. The summed E-state index contributed by atoms with van der Waals surface area (Å²) in [6.45, 7) is 2.62. The molecule has 0 saturated heterocycles. The number of aromatic amines is 1. The number of Topliss-reactive ketones (excluding diaryl/α,β-unsaturated/α-hetero) is 1. The third kappa shape index (κ3) is 3.70. The summed E-state index contributed by atoms with van der Waals surface area (Å²) in [6, 6.07) is 15.9. The number of fused-ring (bicyclic) bond motifs is 1. The number of nitrogens with zero attached hydrogens (tertiary/aromatic N) is 1. The first-order chi connectivity index (χ1) is 13.2. The topological polar surface area (TPSA) is 55.0 Å². The summed E-state index contributed by atoms with van der Waals surface area (Å²) < 4.78 is 5.85. The summed E-state index contributed by atoms with van der Waals surface area (Å²) in [6.07, 6.45) is 5.88. The highest BCUT2D eigenvalue weighted by Crippen LogP contribution is 2.32. The van der Waals surface area contributed by atoms with Crippen molar-refractivity contribution in [2.75, 3.05) is 6.61 Å². The van der Waals surface area contributed by atoms with Crippen molar-refractivity contribution in [2.24, 2.45) is 0 Å². The molecule has 2 aromatic carbocycles. The molecule has 0 amide bonds. The summed E-state index contributed by atoms with van der Waals surface area (Å²) in [4.78, 5) is 20.1. The number of allylic oxidation sites excluding steroid dienone is 2. The number of ketones is 1. The van der Waals surface area contributed by atoms with Gasteiger partial charge in [-0.15, -0.1) is 0 Å². The van der Waals surface area contributed by atoms with E-state index in [4.69, 9.17) is 4.74 Å². The van der Waals surface area contributed by atoms with Gasteiger partial charge >= 0.3 is 0 Å². The number of aromatic nitrogens is 2. The summed E-state index contributed by atoms with van der Waals surface area (Å²) in [7, 11) is 0. The molecule has 1 aromatic heterocycles. The predicted molar refractivity (Wildman–Crippen MR) is 106 cm³/mol. The van der Waals surface area contributed by atoms with E-state index in [-0.39, 0.29) is 5.78 Å². The van der Waals surface area contributed by atoms with E-state index < -0.39 is 0 Å². The van der Waals surface area contributed by atoms with Gasteiger partial charge in [-0.3, -0.25) is 4.79 Å². The first kappa shape index (κ1) is 17.3. The zero-order valence-corrected chi connectivity index (χ0v) is 15.4. The Bertz CT molecular complexity index is 973. The van der Waals surface area contributed by atoms with Crippen LogP contribution in [0, 0.1) is 0 Å². The normalized spacial score (nSPS) is 15.4. The van der Waals surface area contributed by atoms with E-state index in [0.29, 0.717) is 6.61 Å². The minimum absolute atomic E-state index is 0.140. The van der Waals surface area contributed by atoms with Crippen molar-refractivity contribution in [1.29, 1.82) is 0 Å². The molecule has 1 heterocycles. The highest BCUT2D eigenvalue weighted by molar-refractivity contribution is 6.14. The van der Waals surface area contributed by atoms with Gasteiger partial charge in [-0.2, -0.15) is 0 Å². The van der Waals surface area contributed by atoms with Crippen LogP contribution in [0.4, 0.5) is 0 Å². The van der Waals surface area contributed by atoms with Crippen LogP contribution in [0.1, 0.15) is 40.5 Å². The van der Waals surface area contributed by atoms with E-state index in [0.717, 1.165) is 58.5 Å². The second kappa shape index (κ2) is 7.62. The molecule has 4 heteroatoms. The molecule has 0 fully saturated rings. The molecule has 1 aliphatic carbocycles. The van der Waals surface area contributed by atoms with Crippen molar-refractivity contribution in [3.05, 3.63) is 89.0 Å². The summed E-state index contributed by atoms with van der Waals surface area (Å²) >= 11 is 0. The van der Waals surface area contributed by atoms with Crippen LogP contribution >= 0.6 is 0 Å². The molecule has 0 aliphatic heterocycles. The standard InChI is InChI=1S/C23H22N2O2/c1-16(17-5-3-2-4-6-17)21-9-7-18-13-20(8-10-22(18)23(21)26)27-12-11-19-14-24-15-25-19/h2-6,8,10,13-15H,7,9,11-12H2,1H3,(H,24,25). The number of benzene rings is 2. The molecule has 0 bridgehead atoms. The van der Waals surface area contributed by atoms with Gasteiger partial charge in [0.05, 0.1) is 12.9 Å². The van der Waals surface area contributed by atoms with Gasteiger partial charge in [0.1, 0.15) is 5.75 Å². The molecule has 0 saturated carbocycles. The van der Waals surface area contributed by atoms with Gasteiger partial charge in [-0.05, 0) is 54.7 Å². The lowest BCUT2D eigenvalue weighted by atomic mass is 9.83. The number of imidazole rings is 1. The largest absolute Gasteiger partial charge is 0.493 e. The lowest BCUT2D eigenvalue weighted by molar-refractivity contribution is 0.102. The maximum Gasteiger partial charge on any atom is 0.189 e. The Kier molecular flexibility index (Phi) is 4.88. The molecule has 1 N–H and O–H groups in total. The SMILES string of the molecule is CC(=C1CCc2cc(OCCc3cnc[nH]3)ccc2C1=O)c1ccccc1. The summed E-state index contributed by atoms with van der Waals surface area (Å²) in [5.41, 5.74) is 6.03. The summed E-state index contributed by atoms with van der Waals surface area (Å²) in [5, 5.41) is 0. The Labute approximate surface area is 158 Å². The minimum Gasteiger partial charge on any atom is -0.493 e. The molecule has 3 aromatic rings. The molecule has 4 nitrogen and oxygen atoms in total. The minimum atomic E-state index is 0.140. The van der Waals surface area contributed by atoms with Crippen LogP contribution in [0.2, 0.25) is 0 Å². The average Bonchev–Trinajstić information content (AvgIpc) is 3.22. The van der Waals surface area contributed by atoms with E-state index in [1.165, 1.54) is 0 Å². The third-order valence-electron chi connectivity index (χ3n) is 5.09. The van der Waals surface area contributed by atoms with Crippen LogP contribution < -0.4 is 4.74 Å². The summed E-state index contributed by atoms with van der Waals surface area (Å²) in [5.74, 6) is 0.954.